The van der Waals surface area contributed by atoms with E-state index in [9.17, 15) is 14.7 Å². The number of anilines is 1. The van der Waals surface area contributed by atoms with E-state index in [4.69, 9.17) is 4.74 Å². The molecule has 3 aromatic rings. The van der Waals surface area contributed by atoms with E-state index >= 15 is 0 Å². The van der Waals surface area contributed by atoms with Gasteiger partial charge in [0.2, 0.25) is 0 Å². The molecule has 3 rings (SSSR count). The van der Waals surface area contributed by atoms with E-state index in [0.717, 1.165) is 16.7 Å². The normalized spacial score (nSPS) is 10.2. The lowest BCUT2D eigenvalue weighted by molar-refractivity contribution is 0.102. The van der Waals surface area contributed by atoms with E-state index < -0.39 is 6.09 Å². The monoisotopic (exact) mass is 391 g/mol. The fourth-order valence-electron chi connectivity index (χ4n) is 2.58. The quantitative estimate of drug-likeness (QED) is 0.555. The number of aromatic nitrogens is 1. The molecule has 0 unspecified atom stereocenters. The molecule has 0 bridgehead atoms. The van der Waals surface area contributed by atoms with Crippen LogP contribution in [0, 0.1) is 6.92 Å². The van der Waals surface area contributed by atoms with Gasteiger partial charge < -0.3 is 20.5 Å². The SMILES string of the molecule is Cc1ccc(O)c(NC(=O)c2ccc(CNC(=O)OCc3cccnc3)cc2)c1. The summed E-state index contributed by atoms with van der Waals surface area (Å²) in [5.41, 5.74) is 3.34. The van der Waals surface area contributed by atoms with Crippen LogP contribution in [0.5, 0.6) is 5.75 Å². The van der Waals surface area contributed by atoms with Crippen molar-refractivity contribution < 1.29 is 19.4 Å². The molecule has 0 spiro atoms. The van der Waals surface area contributed by atoms with Gasteiger partial charge in [0.1, 0.15) is 12.4 Å². The lowest BCUT2D eigenvalue weighted by Gasteiger charge is -2.09. The Balaban J connectivity index is 1.50. The summed E-state index contributed by atoms with van der Waals surface area (Å²) in [6.45, 7) is 2.29. The third kappa shape index (κ3) is 5.80. The minimum Gasteiger partial charge on any atom is -0.506 e. The highest BCUT2D eigenvalue weighted by atomic mass is 16.5. The van der Waals surface area contributed by atoms with E-state index in [1.165, 1.54) is 6.07 Å². The number of alkyl carbamates (subject to hydrolysis) is 1. The molecule has 0 aliphatic heterocycles. The number of carbonyl (C=O) groups excluding carboxylic acids is 2. The van der Waals surface area contributed by atoms with Gasteiger partial charge in [-0.3, -0.25) is 9.78 Å². The van der Waals surface area contributed by atoms with Crippen molar-refractivity contribution >= 4 is 17.7 Å². The summed E-state index contributed by atoms with van der Waals surface area (Å²) in [5.74, 6) is -0.323. The number of hydrogen-bond donors (Lipinski definition) is 3. The highest BCUT2D eigenvalue weighted by Crippen LogP contribution is 2.24. The molecule has 29 heavy (non-hydrogen) atoms. The van der Waals surface area contributed by atoms with Crippen molar-refractivity contribution in [3.8, 4) is 5.75 Å². The molecule has 1 aromatic heterocycles. The van der Waals surface area contributed by atoms with E-state index in [-0.39, 0.29) is 24.8 Å². The zero-order chi connectivity index (χ0) is 20.6. The minimum absolute atomic E-state index is 0.00886. The van der Waals surface area contributed by atoms with Gasteiger partial charge in [-0.25, -0.2) is 4.79 Å². The van der Waals surface area contributed by atoms with E-state index in [1.807, 2.05) is 13.0 Å². The van der Waals surface area contributed by atoms with Crippen LogP contribution in [0.3, 0.4) is 0 Å². The maximum atomic E-state index is 12.4. The van der Waals surface area contributed by atoms with Gasteiger partial charge in [-0.05, 0) is 48.4 Å². The zero-order valence-corrected chi connectivity index (χ0v) is 15.9. The highest BCUT2D eigenvalue weighted by molar-refractivity contribution is 6.05. The lowest BCUT2D eigenvalue weighted by atomic mass is 10.1. The first-order chi connectivity index (χ1) is 14.0. The highest BCUT2D eigenvalue weighted by Gasteiger charge is 2.10. The van der Waals surface area contributed by atoms with Gasteiger partial charge >= 0.3 is 6.09 Å². The number of nitrogens with one attached hydrogen (secondary N) is 2. The van der Waals surface area contributed by atoms with Gasteiger partial charge in [0.15, 0.2) is 0 Å². The number of aryl methyl sites for hydroxylation is 1. The number of benzene rings is 2. The number of nitrogens with zero attached hydrogens (tertiary/aromatic N) is 1. The van der Waals surface area contributed by atoms with Crippen molar-refractivity contribution in [3.63, 3.8) is 0 Å². The van der Waals surface area contributed by atoms with Crippen molar-refractivity contribution in [2.24, 2.45) is 0 Å². The number of aromatic hydroxyl groups is 1. The number of rotatable bonds is 6. The molecule has 0 atom stereocenters. The van der Waals surface area contributed by atoms with Gasteiger partial charge in [-0.15, -0.1) is 0 Å². The number of pyridine rings is 1. The van der Waals surface area contributed by atoms with Crippen LogP contribution in [0.1, 0.15) is 27.0 Å². The van der Waals surface area contributed by atoms with Crippen molar-refractivity contribution in [1.82, 2.24) is 10.3 Å². The van der Waals surface area contributed by atoms with Crippen LogP contribution in [0.2, 0.25) is 0 Å². The van der Waals surface area contributed by atoms with Crippen molar-refractivity contribution in [3.05, 3.63) is 89.2 Å². The van der Waals surface area contributed by atoms with Gasteiger partial charge in [0, 0.05) is 30.1 Å². The number of hydrogen-bond acceptors (Lipinski definition) is 5. The Morgan fingerprint density at radius 1 is 1.07 bits per heavy atom. The first kappa shape index (κ1) is 19.9. The summed E-state index contributed by atoms with van der Waals surface area (Å²) in [6.07, 6.45) is 2.75. The standard InChI is InChI=1S/C22H21N3O4/c1-15-4-9-20(26)19(11-15)25-21(27)18-7-5-16(6-8-18)13-24-22(28)29-14-17-3-2-10-23-12-17/h2-12,26H,13-14H2,1H3,(H,24,28)(H,25,27). The second-order valence-electron chi connectivity index (χ2n) is 6.46. The fourth-order valence-corrected chi connectivity index (χ4v) is 2.58. The second-order valence-corrected chi connectivity index (χ2v) is 6.46. The molecule has 7 nitrogen and oxygen atoms in total. The van der Waals surface area contributed by atoms with Gasteiger partial charge in [0.05, 0.1) is 5.69 Å². The Hall–Kier alpha value is -3.87. The number of amides is 2. The lowest BCUT2D eigenvalue weighted by Crippen LogP contribution is -2.23. The van der Waals surface area contributed by atoms with Crippen LogP contribution in [0.15, 0.2) is 67.0 Å². The molecule has 1 heterocycles. The third-order valence-electron chi connectivity index (χ3n) is 4.15. The summed E-state index contributed by atoms with van der Waals surface area (Å²) in [4.78, 5) is 28.1. The molecular weight excluding hydrogens is 370 g/mol. The maximum Gasteiger partial charge on any atom is 0.407 e. The summed E-state index contributed by atoms with van der Waals surface area (Å²) >= 11 is 0. The first-order valence-corrected chi connectivity index (χ1v) is 9.01. The van der Waals surface area contributed by atoms with Crippen LogP contribution in [-0.2, 0) is 17.9 Å². The number of phenolic OH excluding ortho intramolecular Hbond substituents is 1. The maximum absolute atomic E-state index is 12.4. The van der Waals surface area contributed by atoms with Crippen molar-refractivity contribution in [2.45, 2.75) is 20.1 Å². The largest absolute Gasteiger partial charge is 0.506 e. The molecule has 0 fully saturated rings. The van der Waals surface area contributed by atoms with Gasteiger partial charge in [-0.2, -0.15) is 0 Å². The molecule has 0 saturated heterocycles. The van der Waals surface area contributed by atoms with E-state index in [2.05, 4.69) is 15.6 Å². The molecule has 7 heteroatoms. The fraction of sp³-hybridized carbons (Fsp3) is 0.136. The summed E-state index contributed by atoms with van der Waals surface area (Å²) < 4.78 is 5.12. The Bertz CT molecular complexity index is 989. The molecule has 0 radical (unpaired) electrons. The first-order valence-electron chi connectivity index (χ1n) is 9.01. The Morgan fingerprint density at radius 3 is 2.59 bits per heavy atom. The molecule has 0 aliphatic rings. The molecule has 148 valence electrons. The average molecular weight is 391 g/mol. The van der Waals surface area contributed by atoms with E-state index in [1.54, 1.807) is 54.9 Å². The third-order valence-corrected chi connectivity index (χ3v) is 4.15. The van der Waals surface area contributed by atoms with Crippen LogP contribution in [-0.4, -0.2) is 22.1 Å². The summed E-state index contributed by atoms with van der Waals surface area (Å²) in [5, 5.41) is 15.2. The van der Waals surface area contributed by atoms with Crippen LogP contribution >= 0.6 is 0 Å². The predicted octanol–water partition coefficient (Wildman–Crippen LogP) is 3.77. The van der Waals surface area contributed by atoms with Crippen molar-refractivity contribution in [2.75, 3.05) is 5.32 Å². The Kier molecular flexibility index (Phi) is 6.42. The smallest absolute Gasteiger partial charge is 0.407 e. The second kappa shape index (κ2) is 9.36. The van der Waals surface area contributed by atoms with Crippen LogP contribution in [0.25, 0.3) is 0 Å². The number of ether oxygens (including phenoxy) is 1. The van der Waals surface area contributed by atoms with Crippen molar-refractivity contribution in [1.29, 1.82) is 0 Å². The van der Waals surface area contributed by atoms with Gasteiger partial charge in [0.25, 0.3) is 5.91 Å². The average Bonchev–Trinajstić information content (AvgIpc) is 2.74. The molecule has 0 saturated carbocycles. The molecule has 0 aliphatic carbocycles. The molecule has 2 amide bonds. The molecule has 3 N–H and O–H groups in total. The predicted molar refractivity (Wildman–Crippen MR) is 109 cm³/mol. The molecular formula is C22H21N3O4. The Labute approximate surface area is 168 Å². The Morgan fingerprint density at radius 2 is 1.86 bits per heavy atom. The summed E-state index contributed by atoms with van der Waals surface area (Å²) in [6, 6.07) is 15.4. The number of carbonyl (C=O) groups is 2. The van der Waals surface area contributed by atoms with Crippen LogP contribution in [0.4, 0.5) is 10.5 Å². The van der Waals surface area contributed by atoms with Gasteiger partial charge in [-0.1, -0.05) is 24.3 Å². The van der Waals surface area contributed by atoms with E-state index in [0.29, 0.717) is 11.3 Å². The minimum atomic E-state index is -0.536. The zero-order valence-electron chi connectivity index (χ0n) is 15.9. The molecule has 2 aromatic carbocycles. The summed E-state index contributed by atoms with van der Waals surface area (Å²) in [7, 11) is 0. The topological polar surface area (TPSA) is 101 Å². The van der Waals surface area contributed by atoms with Crippen LogP contribution < -0.4 is 10.6 Å². The number of phenols is 1.